The Morgan fingerprint density at radius 3 is 2.87 bits per heavy atom. The van der Waals surface area contributed by atoms with Crippen LogP contribution in [0.2, 0.25) is 0 Å². The molecule has 0 aromatic carbocycles. The van der Waals surface area contributed by atoms with Crippen molar-refractivity contribution in [1.29, 1.82) is 0 Å². The average molecular weight is 215 g/mol. The summed E-state index contributed by atoms with van der Waals surface area (Å²) in [5.74, 6) is 0. The molecular weight excluding hydrogens is 190 g/mol. The van der Waals surface area contributed by atoms with E-state index in [-0.39, 0.29) is 6.10 Å². The first-order valence-corrected chi connectivity index (χ1v) is 6.24. The van der Waals surface area contributed by atoms with E-state index in [4.69, 9.17) is 4.74 Å². The molecule has 15 heavy (non-hydrogen) atoms. The van der Waals surface area contributed by atoms with Gasteiger partial charge in [-0.3, -0.25) is 0 Å². The molecule has 90 valence electrons. The van der Waals surface area contributed by atoms with Gasteiger partial charge in [0.05, 0.1) is 12.2 Å². The van der Waals surface area contributed by atoms with Crippen LogP contribution < -0.4 is 0 Å². The molecule has 1 saturated heterocycles. The number of hydrogen-bond acceptors (Lipinski definition) is 3. The van der Waals surface area contributed by atoms with Crippen LogP contribution in [0.1, 0.15) is 39.5 Å². The quantitative estimate of drug-likeness (QED) is 0.701. The minimum atomic E-state index is -0.161. The molecule has 3 nitrogen and oxygen atoms in total. The zero-order chi connectivity index (χ0) is 11.1. The van der Waals surface area contributed by atoms with Gasteiger partial charge in [0.15, 0.2) is 0 Å². The minimum absolute atomic E-state index is 0.161. The Balaban J connectivity index is 2.11. The molecule has 0 spiro atoms. The molecule has 1 aliphatic heterocycles. The van der Waals surface area contributed by atoms with Crippen LogP contribution in [-0.2, 0) is 4.74 Å². The van der Waals surface area contributed by atoms with Gasteiger partial charge in [-0.1, -0.05) is 6.92 Å². The van der Waals surface area contributed by atoms with Gasteiger partial charge in [0.1, 0.15) is 0 Å². The third-order valence-corrected chi connectivity index (χ3v) is 3.03. The lowest BCUT2D eigenvalue weighted by atomic mass is 10.2. The summed E-state index contributed by atoms with van der Waals surface area (Å²) in [5, 5.41) is 9.18. The van der Waals surface area contributed by atoms with E-state index in [0.29, 0.717) is 6.10 Å². The van der Waals surface area contributed by atoms with Gasteiger partial charge < -0.3 is 14.7 Å². The average Bonchev–Trinajstić information content (AvgIpc) is 2.68. The number of nitrogens with zero attached hydrogens (tertiary/aromatic N) is 1. The highest BCUT2D eigenvalue weighted by Crippen LogP contribution is 2.13. The molecule has 0 amide bonds. The van der Waals surface area contributed by atoms with Crippen molar-refractivity contribution in [1.82, 2.24) is 4.90 Å². The van der Waals surface area contributed by atoms with Crippen molar-refractivity contribution in [3.05, 3.63) is 0 Å². The number of rotatable bonds is 7. The van der Waals surface area contributed by atoms with Gasteiger partial charge in [-0.25, -0.2) is 0 Å². The predicted octanol–water partition coefficient (Wildman–Crippen LogP) is 1.65. The predicted molar refractivity (Wildman–Crippen MR) is 62.0 cm³/mol. The van der Waals surface area contributed by atoms with Gasteiger partial charge in [-0.05, 0) is 45.7 Å². The normalized spacial score (nSPS) is 23.6. The highest BCUT2D eigenvalue weighted by atomic mass is 16.5. The lowest BCUT2D eigenvalue weighted by molar-refractivity contribution is 0.0727. The van der Waals surface area contributed by atoms with E-state index < -0.39 is 0 Å². The van der Waals surface area contributed by atoms with Crippen LogP contribution in [0.5, 0.6) is 0 Å². The number of likely N-dealkylation sites (N-methyl/N-ethyl adjacent to an activating group) is 1. The number of aliphatic hydroxyl groups is 1. The summed E-state index contributed by atoms with van der Waals surface area (Å²) in [6.45, 7) is 8.22. The fourth-order valence-corrected chi connectivity index (χ4v) is 2.07. The minimum Gasteiger partial charge on any atom is -0.393 e. The van der Waals surface area contributed by atoms with Crippen molar-refractivity contribution < 1.29 is 9.84 Å². The molecule has 1 rings (SSSR count). The fraction of sp³-hybridized carbons (Fsp3) is 1.00. The Hall–Kier alpha value is -0.120. The van der Waals surface area contributed by atoms with Crippen molar-refractivity contribution in [2.45, 2.75) is 51.7 Å². The van der Waals surface area contributed by atoms with Crippen LogP contribution in [0.4, 0.5) is 0 Å². The monoisotopic (exact) mass is 215 g/mol. The Labute approximate surface area is 93.4 Å². The second-order valence-electron chi connectivity index (χ2n) is 4.52. The van der Waals surface area contributed by atoms with E-state index in [1.54, 1.807) is 0 Å². The maximum absolute atomic E-state index is 9.18. The molecule has 1 N–H and O–H groups in total. The molecule has 0 bridgehead atoms. The first kappa shape index (κ1) is 12.9. The highest BCUT2D eigenvalue weighted by Gasteiger charge is 2.18. The van der Waals surface area contributed by atoms with E-state index in [0.717, 1.165) is 39.1 Å². The largest absolute Gasteiger partial charge is 0.393 e. The molecule has 2 unspecified atom stereocenters. The first-order valence-electron chi connectivity index (χ1n) is 6.24. The van der Waals surface area contributed by atoms with Gasteiger partial charge >= 0.3 is 0 Å². The Morgan fingerprint density at radius 1 is 1.53 bits per heavy atom. The van der Waals surface area contributed by atoms with Crippen LogP contribution in [-0.4, -0.2) is 48.5 Å². The van der Waals surface area contributed by atoms with Gasteiger partial charge in [0.25, 0.3) is 0 Å². The van der Waals surface area contributed by atoms with E-state index >= 15 is 0 Å². The van der Waals surface area contributed by atoms with E-state index in [9.17, 15) is 5.11 Å². The molecule has 0 aromatic rings. The lowest BCUT2D eigenvalue weighted by Crippen LogP contribution is -2.33. The second-order valence-corrected chi connectivity index (χ2v) is 4.52. The second kappa shape index (κ2) is 7.20. The first-order chi connectivity index (χ1) is 7.22. The molecule has 0 saturated carbocycles. The summed E-state index contributed by atoms with van der Waals surface area (Å²) in [6.07, 6.45) is 4.71. The molecular formula is C12H25NO2. The van der Waals surface area contributed by atoms with Crippen molar-refractivity contribution in [3.8, 4) is 0 Å². The maximum Gasteiger partial charge on any atom is 0.0702 e. The molecule has 0 aromatic heterocycles. The van der Waals surface area contributed by atoms with Gasteiger partial charge in [0, 0.05) is 13.2 Å². The van der Waals surface area contributed by atoms with Gasteiger partial charge in [-0.2, -0.15) is 0 Å². The third-order valence-electron chi connectivity index (χ3n) is 3.03. The zero-order valence-corrected chi connectivity index (χ0v) is 10.1. The summed E-state index contributed by atoms with van der Waals surface area (Å²) in [7, 11) is 0. The zero-order valence-electron chi connectivity index (χ0n) is 10.1. The van der Waals surface area contributed by atoms with Crippen LogP contribution in [0, 0.1) is 0 Å². The molecule has 1 fully saturated rings. The lowest BCUT2D eigenvalue weighted by Gasteiger charge is -2.23. The molecule has 1 aliphatic rings. The third kappa shape index (κ3) is 5.50. The molecule has 3 heteroatoms. The Kier molecular flexibility index (Phi) is 6.22. The number of hydrogen-bond donors (Lipinski definition) is 1. The van der Waals surface area contributed by atoms with Crippen molar-refractivity contribution in [2.75, 3.05) is 26.2 Å². The highest BCUT2D eigenvalue weighted by molar-refractivity contribution is 4.70. The standard InChI is InChI=1S/C12H25NO2/c1-3-13(8-4-6-11(2)14)10-12-7-5-9-15-12/h11-12,14H,3-10H2,1-2H3. The summed E-state index contributed by atoms with van der Waals surface area (Å²) < 4.78 is 5.62. The van der Waals surface area contributed by atoms with E-state index in [1.807, 2.05) is 6.92 Å². The van der Waals surface area contributed by atoms with Gasteiger partial charge in [-0.15, -0.1) is 0 Å². The van der Waals surface area contributed by atoms with Crippen molar-refractivity contribution in [3.63, 3.8) is 0 Å². The van der Waals surface area contributed by atoms with Crippen LogP contribution >= 0.6 is 0 Å². The van der Waals surface area contributed by atoms with E-state index in [1.165, 1.54) is 12.8 Å². The maximum atomic E-state index is 9.18. The van der Waals surface area contributed by atoms with Crippen LogP contribution in [0.15, 0.2) is 0 Å². The van der Waals surface area contributed by atoms with Crippen molar-refractivity contribution in [2.24, 2.45) is 0 Å². The summed E-state index contributed by atoms with van der Waals surface area (Å²) in [5.41, 5.74) is 0. The van der Waals surface area contributed by atoms with Crippen LogP contribution in [0.25, 0.3) is 0 Å². The molecule has 1 heterocycles. The van der Waals surface area contributed by atoms with Crippen LogP contribution in [0.3, 0.4) is 0 Å². The Bertz CT molecular complexity index is 156. The Morgan fingerprint density at radius 2 is 2.33 bits per heavy atom. The number of ether oxygens (including phenoxy) is 1. The molecule has 0 aliphatic carbocycles. The topological polar surface area (TPSA) is 32.7 Å². The summed E-state index contributed by atoms with van der Waals surface area (Å²) >= 11 is 0. The number of aliphatic hydroxyl groups excluding tert-OH is 1. The molecule has 2 atom stereocenters. The van der Waals surface area contributed by atoms with Gasteiger partial charge in [0.2, 0.25) is 0 Å². The summed E-state index contributed by atoms with van der Waals surface area (Å²) in [4.78, 5) is 2.43. The smallest absolute Gasteiger partial charge is 0.0702 e. The molecule has 0 radical (unpaired) electrons. The SMILES string of the molecule is CCN(CCCC(C)O)CC1CCCO1. The summed E-state index contributed by atoms with van der Waals surface area (Å²) in [6, 6.07) is 0. The van der Waals surface area contributed by atoms with Crippen molar-refractivity contribution >= 4 is 0 Å². The fourth-order valence-electron chi connectivity index (χ4n) is 2.07. The van der Waals surface area contributed by atoms with E-state index in [2.05, 4.69) is 11.8 Å².